The van der Waals surface area contributed by atoms with E-state index in [-0.39, 0.29) is 0 Å². The topological polar surface area (TPSA) is 69.2 Å². The van der Waals surface area contributed by atoms with Crippen LogP contribution in [-0.4, -0.2) is 11.9 Å². The lowest BCUT2D eigenvalue weighted by Crippen LogP contribution is -2.41. The van der Waals surface area contributed by atoms with Crippen molar-refractivity contribution in [2.24, 2.45) is 0 Å². The number of carbonyl (C=O) groups excluding carboxylic acids is 2. The van der Waals surface area contributed by atoms with Gasteiger partial charge in [0.05, 0.1) is 12.0 Å². The maximum atomic E-state index is 11.9. The van der Waals surface area contributed by atoms with Crippen LogP contribution in [0, 0.1) is 0 Å². The van der Waals surface area contributed by atoms with E-state index in [4.69, 9.17) is 0 Å². The summed E-state index contributed by atoms with van der Waals surface area (Å²) < 4.78 is 0. The summed E-state index contributed by atoms with van der Waals surface area (Å²) in [6.45, 7) is 0. The summed E-state index contributed by atoms with van der Waals surface area (Å²) in [5, 5.41) is 13.6. The summed E-state index contributed by atoms with van der Waals surface area (Å²) in [5.41, 5.74) is 0.886. The molecule has 0 saturated carbocycles. The molecule has 1 amide bonds. The summed E-state index contributed by atoms with van der Waals surface area (Å²) >= 11 is 0. The van der Waals surface area contributed by atoms with Gasteiger partial charge in [0.15, 0.2) is 0 Å². The van der Waals surface area contributed by atoms with Crippen LogP contribution in [-0.2, 0) is 4.79 Å². The number of amides is 1. The minimum absolute atomic E-state index is 0.407. The van der Waals surface area contributed by atoms with Crippen molar-refractivity contribution in [2.45, 2.75) is 6.04 Å². The van der Waals surface area contributed by atoms with Crippen molar-refractivity contribution in [2.75, 3.05) is 0 Å². The molecule has 1 N–H and O–H groups in total. The number of carboxylic acid groups (broad SMARTS) is 1. The molecular formula is C15H12NO3-. The summed E-state index contributed by atoms with van der Waals surface area (Å²) in [7, 11) is 0. The standard InChI is InChI=1S/C15H13NO3/c17-14(12-9-5-2-6-10-12)16-13(15(18)19)11-7-3-1-4-8-11/h1-10,13H,(H,16,17)(H,18,19)/p-1/t13-/m0/s1. The van der Waals surface area contributed by atoms with Gasteiger partial charge in [0, 0.05) is 5.56 Å². The van der Waals surface area contributed by atoms with E-state index in [1.54, 1.807) is 60.7 Å². The zero-order valence-electron chi connectivity index (χ0n) is 10.1. The minimum Gasteiger partial charge on any atom is -0.548 e. The second-order valence-electron chi connectivity index (χ2n) is 4.00. The van der Waals surface area contributed by atoms with E-state index in [1.165, 1.54) is 0 Å². The molecule has 0 fully saturated rings. The van der Waals surface area contributed by atoms with Crippen molar-refractivity contribution in [3.05, 3.63) is 71.8 Å². The number of benzene rings is 2. The first-order valence-electron chi connectivity index (χ1n) is 5.80. The SMILES string of the molecule is O=C(N[C@H](C(=O)[O-])c1ccccc1)c1ccccc1. The second-order valence-corrected chi connectivity index (χ2v) is 4.00. The minimum atomic E-state index is -1.34. The summed E-state index contributed by atoms with van der Waals surface area (Å²) in [6, 6.07) is 15.7. The van der Waals surface area contributed by atoms with E-state index in [1.807, 2.05) is 0 Å². The number of carbonyl (C=O) groups is 2. The van der Waals surface area contributed by atoms with E-state index in [2.05, 4.69) is 5.32 Å². The van der Waals surface area contributed by atoms with Crippen LogP contribution in [0.3, 0.4) is 0 Å². The van der Waals surface area contributed by atoms with Gasteiger partial charge in [-0.1, -0.05) is 48.5 Å². The smallest absolute Gasteiger partial charge is 0.252 e. The van der Waals surface area contributed by atoms with E-state index < -0.39 is 17.9 Å². The van der Waals surface area contributed by atoms with Gasteiger partial charge in [-0.05, 0) is 17.7 Å². The highest BCUT2D eigenvalue weighted by Gasteiger charge is 2.16. The maximum Gasteiger partial charge on any atom is 0.252 e. The molecule has 0 unspecified atom stereocenters. The van der Waals surface area contributed by atoms with Gasteiger partial charge in [-0.3, -0.25) is 4.79 Å². The number of nitrogens with one attached hydrogen (secondary N) is 1. The predicted molar refractivity (Wildman–Crippen MR) is 68.1 cm³/mol. The Hall–Kier alpha value is -2.62. The van der Waals surface area contributed by atoms with E-state index in [0.29, 0.717) is 11.1 Å². The van der Waals surface area contributed by atoms with Crippen LogP contribution in [0.2, 0.25) is 0 Å². The van der Waals surface area contributed by atoms with Gasteiger partial charge in [-0.2, -0.15) is 0 Å². The highest BCUT2D eigenvalue weighted by molar-refractivity contribution is 5.96. The van der Waals surface area contributed by atoms with Gasteiger partial charge in [0.2, 0.25) is 0 Å². The van der Waals surface area contributed by atoms with Gasteiger partial charge >= 0.3 is 0 Å². The molecule has 0 aliphatic rings. The molecule has 1 atom stereocenters. The Bertz CT molecular complexity index is 566. The second kappa shape index (κ2) is 5.82. The maximum absolute atomic E-state index is 11.9. The molecular weight excluding hydrogens is 242 g/mol. The van der Waals surface area contributed by atoms with Crippen LogP contribution in [0.4, 0.5) is 0 Å². The molecule has 0 aromatic heterocycles. The zero-order valence-corrected chi connectivity index (χ0v) is 10.1. The van der Waals surface area contributed by atoms with Gasteiger partial charge < -0.3 is 15.2 Å². The predicted octanol–water partition coefficient (Wildman–Crippen LogP) is 0.908. The molecule has 2 aromatic carbocycles. The average Bonchev–Trinajstić information content (AvgIpc) is 2.46. The van der Waals surface area contributed by atoms with Crippen molar-refractivity contribution in [3.8, 4) is 0 Å². The lowest BCUT2D eigenvalue weighted by molar-refractivity contribution is -0.308. The van der Waals surface area contributed by atoms with E-state index in [9.17, 15) is 14.7 Å². The normalized spacial score (nSPS) is 11.6. The third-order valence-electron chi connectivity index (χ3n) is 2.68. The fraction of sp³-hybridized carbons (Fsp3) is 0.0667. The van der Waals surface area contributed by atoms with Crippen LogP contribution in [0.25, 0.3) is 0 Å². The van der Waals surface area contributed by atoms with E-state index >= 15 is 0 Å². The van der Waals surface area contributed by atoms with Crippen LogP contribution in [0.15, 0.2) is 60.7 Å². The van der Waals surface area contributed by atoms with Crippen LogP contribution >= 0.6 is 0 Å². The van der Waals surface area contributed by atoms with Crippen molar-refractivity contribution in [1.82, 2.24) is 5.32 Å². The number of hydrogen-bond acceptors (Lipinski definition) is 3. The molecule has 96 valence electrons. The molecule has 0 aliphatic heterocycles. The number of carboxylic acids is 1. The zero-order chi connectivity index (χ0) is 13.7. The monoisotopic (exact) mass is 254 g/mol. The Kier molecular flexibility index (Phi) is 3.93. The first kappa shape index (κ1) is 12.8. The quantitative estimate of drug-likeness (QED) is 0.881. The van der Waals surface area contributed by atoms with Gasteiger partial charge in [0.25, 0.3) is 5.91 Å². The summed E-state index contributed by atoms with van der Waals surface area (Å²) in [4.78, 5) is 23.1. The van der Waals surface area contributed by atoms with E-state index in [0.717, 1.165) is 0 Å². The van der Waals surface area contributed by atoms with Gasteiger partial charge in [0.1, 0.15) is 0 Å². The number of aliphatic carboxylic acids is 1. The first-order chi connectivity index (χ1) is 9.18. The lowest BCUT2D eigenvalue weighted by atomic mass is 10.1. The molecule has 19 heavy (non-hydrogen) atoms. The molecule has 0 saturated heterocycles. The fourth-order valence-corrected chi connectivity index (χ4v) is 1.73. The molecule has 2 rings (SSSR count). The Balaban J connectivity index is 2.19. The summed E-state index contributed by atoms with van der Waals surface area (Å²) in [5.74, 6) is -1.78. The van der Waals surface area contributed by atoms with Gasteiger partial charge in [-0.15, -0.1) is 0 Å². The van der Waals surface area contributed by atoms with Crippen LogP contribution in [0.5, 0.6) is 0 Å². The highest BCUT2D eigenvalue weighted by atomic mass is 16.4. The van der Waals surface area contributed by atoms with Crippen molar-refractivity contribution < 1.29 is 14.7 Å². The third-order valence-corrected chi connectivity index (χ3v) is 2.68. The summed E-state index contributed by atoms with van der Waals surface area (Å²) in [6.07, 6.45) is 0. The Morgan fingerprint density at radius 1 is 0.895 bits per heavy atom. The van der Waals surface area contributed by atoms with Crippen molar-refractivity contribution >= 4 is 11.9 Å². The third kappa shape index (κ3) is 3.19. The molecule has 0 radical (unpaired) electrons. The van der Waals surface area contributed by atoms with Crippen molar-refractivity contribution in [1.29, 1.82) is 0 Å². The number of hydrogen-bond donors (Lipinski definition) is 1. The largest absolute Gasteiger partial charge is 0.548 e. The molecule has 0 aliphatic carbocycles. The molecule has 4 nitrogen and oxygen atoms in total. The molecule has 0 spiro atoms. The average molecular weight is 254 g/mol. The lowest BCUT2D eigenvalue weighted by Gasteiger charge is -2.20. The highest BCUT2D eigenvalue weighted by Crippen LogP contribution is 2.12. The molecule has 0 bridgehead atoms. The fourth-order valence-electron chi connectivity index (χ4n) is 1.73. The van der Waals surface area contributed by atoms with Crippen LogP contribution < -0.4 is 10.4 Å². The van der Waals surface area contributed by atoms with Crippen molar-refractivity contribution in [3.63, 3.8) is 0 Å². The number of rotatable bonds is 4. The molecule has 2 aromatic rings. The van der Waals surface area contributed by atoms with Gasteiger partial charge in [-0.25, -0.2) is 0 Å². The Labute approximate surface area is 110 Å². The Morgan fingerprint density at radius 3 is 1.95 bits per heavy atom. The first-order valence-corrected chi connectivity index (χ1v) is 5.80. The van der Waals surface area contributed by atoms with Crippen LogP contribution in [0.1, 0.15) is 22.0 Å². The molecule has 4 heteroatoms. The Morgan fingerprint density at radius 2 is 1.42 bits per heavy atom. The molecule has 0 heterocycles.